The number of nitro groups is 1. The first kappa shape index (κ1) is 24.2. The van der Waals surface area contributed by atoms with Gasteiger partial charge in [-0.15, -0.1) is 0 Å². The number of carbonyl (C=O) groups is 1. The molecule has 1 aliphatic rings. The Labute approximate surface area is 201 Å². The van der Waals surface area contributed by atoms with E-state index < -0.39 is 20.9 Å². The van der Waals surface area contributed by atoms with Crippen LogP contribution in [0, 0.1) is 10.1 Å². The molecule has 0 unspecified atom stereocenters. The van der Waals surface area contributed by atoms with Gasteiger partial charge in [0.25, 0.3) is 15.7 Å². The van der Waals surface area contributed by atoms with Crippen LogP contribution in [-0.2, 0) is 32.7 Å². The fraction of sp³-hybridized carbons (Fsp3) is 0.208. The summed E-state index contributed by atoms with van der Waals surface area (Å²) in [7, 11) is -3.84. The Morgan fingerprint density at radius 3 is 2.49 bits per heavy atom. The summed E-state index contributed by atoms with van der Waals surface area (Å²) in [6, 6.07) is 16.8. The van der Waals surface area contributed by atoms with E-state index in [-0.39, 0.29) is 42.7 Å². The number of nitrogens with zero attached hydrogens (tertiary/aromatic N) is 2. The zero-order valence-electron chi connectivity index (χ0n) is 18.7. The third-order valence-corrected chi connectivity index (χ3v) is 7.27. The summed E-state index contributed by atoms with van der Waals surface area (Å²) in [4.78, 5) is 23.3. The number of sulfonamides is 1. The van der Waals surface area contributed by atoms with Crippen LogP contribution in [0.2, 0.25) is 0 Å². The van der Waals surface area contributed by atoms with Crippen molar-refractivity contribution in [2.24, 2.45) is 0 Å². The summed E-state index contributed by atoms with van der Waals surface area (Å²) in [5.41, 5.74) is 1.33. The second kappa shape index (κ2) is 10.1. The highest BCUT2D eigenvalue weighted by Crippen LogP contribution is 2.33. The van der Waals surface area contributed by atoms with E-state index in [1.807, 2.05) is 0 Å². The van der Waals surface area contributed by atoms with Crippen LogP contribution in [0.5, 0.6) is 5.75 Å². The summed E-state index contributed by atoms with van der Waals surface area (Å²) in [6.07, 6.45) is 0. The molecule has 182 valence electrons. The molecule has 0 saturated heterocycles. The van der Waals surface area contributed by atoms with Crippen LogP contribution >= 0.6 is 0 Å². The molecule has 0 radical (unpaired) electrons. The maximum absolute atomic E-state index is 13.1. The minimum absolute atomic E-state index is 0.0144. The molecule has 10 nitrogen and oxygen atoms in total. The van der Waals surface area contributed by atoms with Crippen LogP contribution in [0.25, 0.3) is 0 Å². The molecule has 4 rings (SSSR count). The molecule has 0 aliphatic carbocycles. The SMILES string of the molecule is CCN(c1ccccc1)S(=O)(=O)c1ccc(C(=O)OCc2cc([N+](=O)[O-])cc3c2OCOC3)cc1. The van der Waals surface area contributed by atoms with Crippen molar-refractivity contribution in [1.82, 2.24) is 0 Å². The Bertz CT molecular complexity index is 1340. The predicted octanol–water partition coefficient (Wildman–Crippen LogP) is 4.03. The van der Waals surface area contributed by atoms with Crippen LogP contribution in [0.15, 0.2) is 71.6 Å². The van der Waals surface area contributed by atoms with Crippen LogP contribution in [-0.4, -0.2) is 32.6 Å². The van der Waals surface area contributed by atoms with Crippen molar-refractivity contribution in [2.45, 2.75) is 25.0 Å². The molecule has 0 N–H and O–H groups in total. The first-order valence-electron chi connectivity index (χ1n) is 10.7. The number of hydrogen-bond donors (Lipinski definition) is 0. The molecule has 0 saturated carbocycles. The third-order valence-electron chi connectivity index (χ3n) is 5.35. The number of ether oxygens (including phenoxy) is 3. The molecule has 0 spiro atoms. The Morgan fingerprint density at radius 1 is 1.11 bits per heavy atom. The Hall–Kier alpha value is -3.96. The second-order valence-corrected chi connectivity index (χ2v) is 9.43. The van der Waals surface area contributed by atoms with Gasteiger partial charge >= 0.3 is 5.97 Å². The Morgan fingerprint density at radius 2 is 1.83 bits per heavy atom. The van der Waals surface area contributed by atoms with Crippen molar-refractivity contribution in [3.05, 3.63) is 93.5 Å². The number of carbonyl (C=O) groups excluding carboxylic acids is 1. The Balaban J connectivity index is 1.50. The van der Waals surface area contributed by atoms with Crippen molar-refractivity contribution >= 4 is 27.4 Å². The normalized spacial score (nSPS) is 12.8. The lowest BCUT2D eigenvalue weighted by Gasteiger charge is -2.23. The van der Waals surface area contributed by atoms with Gasteiger partial charge < -0.3 is 14.2 Å². The highest BCUT2D eigenvalue weighted by molar-refractivity contribution is 7.92. The number of non-ortho nitro benzene ring substituents is 1. The predicted molar refractivity (Wildman–Crippen MR) is 126 cm³/mol. The molecule has 3 aromatic carbocycles. The van der Waals surface area contributed by atoms with Gasteiger partial charge in [0.1, 0.15) is 12.4 Å². The lowest BCUT2D eigenvalue weighted by atomic mass is 10.1. The number of nitro benzene ring substituents is 1. The fourth-order valence-electron chi connectivity index (χ4n) is 3.70. The van der Waals surface area contributed by atoms with E-state index >= 15 is 0 Å². The average molecular weight is 499 g/mol. The van der Waals surface area contributed by atoms with Crippen LogP contribution in [0.3, 0.4) is 0 Å². The molecule has 0 atom stereocenters. The smallest absolute Gasteiger partial charge is 0.338 e. The summed E-state index contributed by atoms with van der Waals surface area (Å²) >= 11 is 0. The zero-order chi connectivity index (χ0) is 25.0. The molecule has 35 heavy (non-hydrogen) atoms. The van der Waals surface area contributed by atoms with E-state index in [0.29, 0.717) is 22.6 Å². The molecular formula is C24H22N2O8S. The van der Waals surface area contributed by atoms with Crippen LogP contribution in [0.4, 0.5) is 11.4 Å². The van der Waals surface area contributed by atoms with Gasteiger partial charge in [0.2, 0.25) is 0 Å². The summed E-state index contributed by atoms with van der Waals surface area (Å²) in [5, 5.41) is 11.2. The summed E-state index contributed by atoms with van der Waals surface area (Å²) in [6.45, 7) is 1.83. The highest BCUT2D eigenvalue weighted by atomic mass is 32.2. The topological polar surface area (TPSA) is 125 Å². The van der Waals surface area contributed by atoms with Crippen LogP contribution in [0.1, 0.15) is 28.4 Å². The van der Waals surface area contributed by atoms with E-state index in [2.05, 4.69) is 0 Å². The van der Waals surface area contributed by atoms with Crippen LogP contribution < -0.4 is 9.04 Å². The second-order valence-electron chi connectivity index (χ2n) is 7.57. The molecule has 11 heteroatoms. The third kappa shape index (κ3) is 5.10. The lowest BCUT2D eigenvalue weighted by Crippen LogP contribution is -2.30. The standard InChI is InChI=1S/C24H22N2O8S/c1-2-25(20-6-4-3-5-7-20)35(30,31)22-10-8-17(9-11-22)24(27)33-15-19-13-21(26(28)29)12-18-14-32-16-34-23(18)19/h3-13H,2,14-16H2,1H3. The number of anilines is 1. The highest BCUT2D eigenvalue weighted by Gasteiger charge is 2.25. The maximum atomic E-state index is 13.1. The van der Waals surface area contributed by atoms with E-state index in [0.717, 1.165) is 0 Å². The maximum Gasteiger partial charge on any atom is 0.338 e. The minimum Gasteiger partial charge on any atom is -0.467 e. The molecule has 3 aromatic rings. The number of fused-ring (bicyclic) bond motifs is 1. The molecule has 1 heterocycles. The van der Waals surface area contributed by atoms with Crippen molar-refractivity contribution in [2.75, 3.05) is 17.6 Å². The zero-order valence-corrected chi connectivity index (χ0v) is 19.6. The van der Waals surface area contributed by atoms with E-state index in [1.54, 1.807) is 37.3 Å². The quantitative estimate of drug-likeness (QED) is 0.259. The van der Waals surface area contributed by atoms with Gasteiger partial charge in [0.05, 0.1) is 27.7 Å². The number of para-hydroxylation sites is 1. The van der Waals surface area contributed by atoms with Gasteiger partial charge in [0, 0.05) is 29.8 Å². The lowest BCUT2D eigenvalue weighted by molar-refractivity contribution is -0.385. The number of hydrogen-bond acceptors (Lipinski definition) is 8. The number of rotatable bonds is 8. The van der Waals surface area contributed by atoms with Crippen molar-refractivity contribution in [3.63, 3.8) is 0 Å². The average Bonchev–Trinajstić information content (AvgIpc) is 2.87. The molecule has 0 bridgehead atoms. The summed E-state index contributed by atoms with van der Waals surface area (Å²) < 4.78 is 43.4. The first-order chi connectivity index (χ1) is 16.8. The van der Waals surface area contributed by atoms with E-state index in [9.17, 15) is 23.3 Å². The van der Waals surface area contributed by atoms with E-state index in [4.69, 9.17) is 14.2 Å². The van der Waals surface area contributed by atoms with Gasteiger partial charge in [0.15, 0.2) is 6.79 Å². The molecular weight excluding hydrogens is 476 g/mol. The number of esters is 1. The fourth-order valence-corrected chi connectivity index (χ4v) is 5.17. The summed E-state index contributed by atoms with van der Waals surface area (Å²) in [5.74, 6) is -0.326. The molecule has 0 aromatic heterocycles. The van der Waals surface area contributed by atoms with Crippen molar-refractivity contribution in [3.8, 4) is 5.75 Å². The molecule has 0 fully saturated rings. The van der Waals surface area contributed by atoms with Gasteiger partial charge in [-0.2, -0.15) is 0 Å². The molecule has 1 aliphatic heterocycles. The van der Waals surface area contributed by atoms with Gasteiger partial charge in [-0.25, -0.2) is 13.2 Å². The van der Waals surface area contributed by atoms with Gasteiger partial charge in [-0.1, -0.05) is 18.2 Å². The Kier molecular flexibility index (Phi) is 6.99. The van der Waals surface area contributed by atoms with Crippen molar-refractivity contribution < 1.29 is 32.3 Å². The first-order valence-corrected chi connectivity index (χ1v) is 12.1. The van der Waals surface area contributed by atoms with Gasteiger partial charge in [-0.3, -0.25) is 14.4 Å². The van der Waals surface area contributed by atoms with E-state index in [1.165, 1.54) is 40.7 Å². The van der Waals surface area contributed by atoms with Crippen molar-refractivity contribution in [1.29, 1.82) is 0 Å². The molecule has 0 amide bonds. The van der Waals surface area contributed by atoms with Gasteiger partial charge in [-0.05, 0) is 43.3 Å². The largest absolute Gasteiger partial charge is 0.467 e. The number of benzene rings is 3. The minimum atomic E-state index is -3.84. The monoisotopic (exact) mass is 498 g/mol.